The lowest BCUT2D eigenvalue weighted by Gasteiger charge is -2.27. The molecule has 1 aromatic heterocycles. The summed E-state index contributed by atoms with van der Waals surface area (Å²) in [5.41, 5.74) is 0.569. The second-order valence-electron chi connectivity index (χ2n) is 8.13. The number of benzene rings is 1. The number of amides is 1. The minimum Gasteiger partial charge on any atom is -0.503 e. The van der Waals surface area contributed by atoms with Crippen molar-refractivity contribution in [2.24, 2.45) is 5.92 Å². The van der Waals surface area contributed by atoms with E-state index >= 15 is 0 Å². The molecule has 0 saturated heterocycles. The molecule has 0 fully saturated rings. The first-order chi connectivity index (χ1) is 15.9. The molecular formula is C25H31NO7. The van der Waals surface area contributed by atoms with Gasteiger partial charge in [0.15, 0.2) is 23.0 Å². The molecule has 1 atom stereocenters. The number of ether oxygens (including phenoxy) is 3. The van der Waals surface area contributed by atoms with Crippen LogP contribution in [-0.2, 0) is 9.53 Å². The Morgan fingerprint density at radius 2 is 1.97 bits per heavy atom. The zero-order valence-corrected chi connectivity index (χ0v) is 19.5. The highest BCUT2D eigenvalue weighted by Crippen LogP contribution is 2.41. The van der Waals surface area contributed by atoms with E-state index in [9.17, 15) is 14.7 Å². The van der Waals surface area contributed by atoms with Crippen molar-refractivity contribution in [1.82, 2.24) is 4.90 Å². The van der Waals surface area contributed by atoms with Crippen LogP contribution in [0.25, 0.3) is 0 Å². The SMILES string of the molecule is CCOc1cc(C2C(C(=O)c3ccco3)=C(O)C(=O)N2CCOC)ccc1OCCC(C)C. The molecule has 3 rings (SSSR count). The molecule has 0 saturated carbocycles. The normalized spacial score (nSPS) is 16.1. The van der Waals surface area contributed by atoms with E-state index in [0.29, 0.717) is 36.2 Å². The van der Waals surface area contributed by atoms with Crippen LogP contribution in [0.15, 0.2) is 52.3 Å². The molecule has 1 unspecified atom stereocenters. The highest BCUT2D eigenvalue weighted by Gasteiger charge is 2.44. The van der Waals surface area contributed by atoms with E-state index in [1.807, 2.05) is 6.92 Å². The van der Waals surface area contributed by atoms with Gasteiger partial charge in [0, 0.05) is 13.7 Å². The Morgan fingerprint density at radius 1 is 1.18 bits per heavy atom. The number of nitrogens with zero attached hydrogens (tertiary/aromatic N) is 1. The van der Waals surface area contributed by atoms with E-state index in [1.165, 1.54) is 24.3 Å². The number of aliphatic hydroxyl groups is 1. The van der Waals surface area contributed by atoms with Crippen molar-refractivity contribution in [3.05, 3.63) is 59.3 Å². The summed E-state index contributed by atoms with van der Waals surface area (Å²) in [6.07, 6.45) is 2.27. The number of methoxy groups -OCH3 is 1. The molecule has 2 heterocycles. The van der Waals surface area contributed by atoms with E-state index in [-0.39, 0.29) is 24.5 Å². The van der Waals surface area contributed by atoms with Gasteiger partial charge < -0.3 is 28.6 Å². The maximum absolute atomic E-state index is 13.2. The van der Waals surface area contributed by atoms with Gasteiger partial charge in [0.25, 0.3) is 5.91 Å². The Labute approximate surface area is 193 Å². The number of carbonyl (C=O) groups excluding carboxylic acids is 2. The van der Waals surface area contributed by atoms with Gasteiger partial charge in [-0.15, -0.1) is 0 Å². The molecule has 1 N–H and O–H groups in total. The summed E-state index contributed by atoms with van der Waals surface area (Å²) in [6.45, 7) is 7.51. The Balaban J connectivity index is 2.01. The number of Topliss-reactive ketones (excluding diaryl/α,β-unsaturated/α-hetero) is 1. The van der Waals surface area contributed by atoms with Crippen LogP contribution in [-0.4, -0.2) is 55.2 Å². The second-order valence-corrected chi connectivity index (χ2v) is 8.13. The molecule has 0 bridgehead atoms. The quantitative estimate of drug-likeness (QED) is 0.474. The molecule has 1 aromatic carbocycles. The monoisotopic (exact) mass is 457 g/mol. The van der Waals surface area contributed by atoms with E-state index in [1.54, 1.807) is 24.3 Å². The fraction of sp³-hybridized carbons (Fsp3) is 0.440. The van der Waals surface area contributed by atoms with Crippen molar-refractivity contribution in [3.8, 4) is 11.5 Å². The van der Waals surface area contributed by atoms with Crippen LogP contribution >= 0.6 is 0 Å². The molecule has 8 nitrogen and oxygen atoms in total. The average molecular weight is 458 g/mol. The van der Waals surface area contributed by atoms with Crippen LogP contribution in [0.5, 0.6) is 11.5 Å². The zero-order chi connectivity index (χ0) is 24.0. The van der Waals surface area contributed by atoms with Crippen molar-refractivity contribution in [2.45, 2.75) is 33.2 Å². The van der Waals surface area contributed by atoms with Crippen LogP contribution in [0.2, 0.25) is 0 Å². The van der Waals surface area contributed by atoms with E-state index in [0.717, 1.165) is 6.42 Å². The molecule has 33 heavy (non-hydrogen) atoms. The minimum atomic E-state index is -0.825. The lowest BCUT2D eigenvalue weighted by molar-refractivity contribution is -0.130. The molecule has 1 amide bonds. The topological polar surface area (TPSA) is 98.4 Å². The Hall–Kier alpha value is -3.26. The van der Waals surface area contributed by atoms with Crippen molar-refractivity contribution in [3.63, 3.8) is 0 Å². The summed E-state index contributed by atoms with van der Waals surface area (Å²) in [6, 6.07) is 7.55. The van der Waals surface area contributed by atoms with Gasteiger partial charge in [-0.25, -0.2) is 0 Å². The Morgan fingerprint density at radius 3 is 2.61 bits per heavy atom. The molecular weight excluding hydrogens is 426 g/mol. The van der Waals surface area contributed by atoms with Crippen molar-refractivity contribution in [1.29, 1.82) is 0 Å². The minimum absolute atomic E-state index is 0.0398. The van der Waals surface area contributed by atoms with Gasteiger partial charge in [-0.1, -0.05) is 19.9 Å². The zero-order valence-electron chi connectivity index (χ0n) is 19.5. The summed E-state index contributed by atoms with van der Waals surface area (Å²) in [7, 11) is 1.52. The predicted octanol–water partition coefficient (Wildman–Crippen LogP) is 4.33. The smallest absolute Gasteiger partial charge is 0.290 e. The first-order valence-corrected chi connectivity index (χ1v) is 11.1. The molecule has 2 aromatic rings. The average Bonchev–Trinajstić information content (AvgIpc) is 3.41. The van der Waals surface area contributed by atoms with Crippen LogP contribution < -0.4 is 9.47 Å². The van der Waals surface area contributed by atoms with Crippen molar-refractivity contribution < 1.29 is 33.3 Å². The Bertz CT molecular complexity index is 994. The largest absolute Gasteiger partial charge is 0.503 e. The van der Waals surface area contributed by atoms with Crippen LogP contribution in [0.4, 0.5) is 0 Å². The van der Waals surface area contributed by atoms with Crippen molar-refractivity contribution >= 4 is 11.7 Å². The van der Waals surface area contributed by atoms with Crippen LogP contribution in [0, 0.1) is 5.92 Å². The standard InChI is InChI=1S/C25H31NO7/c1-5-31-20-15-17(8-9-18(20)33-13-10-16(2)3)22-21(23(27)19-7-6-12-32-19)24(28)25(29)26(22)11-14-30-4/h6-9,12,15-16,22,28H,5,10-11,13-14H2,1-4H3. The third-order valence-electron chi connectivity index (χ3n) is 5.37. The Kier molecular flexibility index (Phi) is 8.16. The van der Waals surface area contributed by atoms with E-state index in [4.69, 9.17) is 18.6 Å². The summed E-state index contributed by atoms with van der Waals surface area (Å²) in [4.78, 5) is 27.5. The lowest BCUT2D eigenvalue weighted by Crippen LogP contribution is -2.34. The van der Waals surface area contributed by atoms with Gasteiger partial charge in [-0.2, -0.15) is 0 Å². The summed E-state index contributed by atoms with van der Waals surface area (Å²) in [5.74, 6) is -0.139. The lowest BCUT2D eigenvalue weighted by atomic mass is 9.94. The third kappa shape index (κ3) is 5.39. The maximum atomic E-state index is 13.2. The van der Waals surface area contributed by atoms with Crippen LogP contribution in [0.1, 0.15) is 49.4 Å². The first-order valence-electron chi connectivity index (χ1n) is 11.1. The van der Waals surface area contributed by atoms with Gasteiger partial charge in [-0.3, -0.25) is 9.59 Å². The van der Waals surface area contributed by atoms with Gasteiger partial charge in [-0.05, 0) is 49.1 Å². The molecule has 0 radical (unpaired) electrons. The fourth-order valence-electron chi connectivity index (χ4n) is 3.68. The van der Waals surface area contributed by atoms with Gasteiger partial charge in [0.2, 0.25) is 5.78 Å². The molecule has 8 heteroatoms. The number of hydrogen-bond acceptors (Lipinski definition) is 7. The molecule has 178 valence electrons. The molecule has 1 aliphatic rings. The summed E-state index contributed by atoms with van der Waals surface area (Å²) < 4.78 is 22.1. The highest BCUT2D eigenvalue weighted by molar-refractivity contribution is 6.15. The number of ketones is 1. The third-order valence-corrected chi connectivity index (χ3v) is 5.37. The van der Waals surface area contributed by atoms with E-state index < -0.39 is 23.5 Å². The van der Waals surface area contributed by atoms with E-state index in [2.05, 4.69) is 13.8 Å². The van der Waals surface area contributed by atoms with Crippen molar-refractivity contribution in [2.75, 3.05) is 33.5 Å². The summed E-state index contributed by atoms with van der Waals surface area (Å²) >= 11 is 0. The molecule has 0 aliphatic carbocycles. The van der Waals surface area contributed by atoms with Crippen LogP contribution in [0.3, 0.4) is 0 Å². The number of rotatable bonds is 12. The fourth-order valence-corrected chi connectivity index (χ4v) is 3.68. The maximum Gasteiger partial charge on any atom is 0.290 e. The highest BCUT2D eigenvalue weighted by atomic mass is 16.5. The number of aliphatic hydroxyl groups excluding tert-OH is 1. The summed E-state index contributed by atoms with van der Waals surface area (Å²) in [5, 5.41) is 10.7. The first kappa shape index (κ1) is 24.4. The number of furan rings is 1. The molecule has 1 aliphatic heterocycles. The van der Waals surface area contributed by atoms with Gasteiger partial charge in [0.05, 0.1) is 37.7 Å². The predicted molar refractivity (Wildman–Crippen MR) is 122 cm³/mol. The molecule has 0 spiro atoms. The van der Waals surface area contributed by atoms with Gasteiger partial charge in [0.1, 0.15) is 0 Å². The number of carbonyl (C=O) groups is 2. The van der Waals surface area contributed by atoms with Gasteiger partial charge >= 0.3 is 0 Å². The number of hydrogen-bond donors (Lipinski definition) is 1. The second kappa shape index (κ2) is 11.0.